The molecule has 2 rings (SSSR count). The zero-order valence-electron chi connectivity index (χ0n) is 10.5. The highest BCUT2D eigenvalue weighted by atomic mass is 79.9. The number of nitrogens with zero attached hydrogens (tertiary/aromatic N) is 1. The maximum atomic E-state index is 13.2. The number of rotatable bonds is 4. The summed E-state index contributed by atoms with van der Waals surface area (Å²) < 4.78 is 14.1. The average Bonchev–Trinajstić information content (AvgIpc) is 2.38. The summed E-state index contributed by atoms with van der Waals surface area (Å²) in [7, 11) is 1.98. The normalized spacial score (nSPS) is 10.5. The Morgan fingerprint density at radius 1 is 1.16 bits per heavy atom. The molecule has 0 aliphatic heterocycles. The van der Waals surface area contributed by atoms with Crippen LogP contribution in [0.25, 0.3) is 0 Å². The van der Waals surface area contributed by atoms with Crippen LogP contribution in [-0.4, -0.2) is 7.05 Å². The van der Waals surface area contributed by atoms with Crippen LogP contribution in [0.15, 0.2) is 46.9 Å². The molecule has 0 amide bonds. The van der Waals surface area contributed by atoms with Crippen LogP contribution in [0.4, 0.5) is 10.1 Å². The smallest absolute Gasteiger partial charge is 0.123 e. The van der Waals surface area contributed by atoms with E-state index in [2.05, 4.69) is 20.8 Å². The zero-order chi connectivity index (χ0) is 13.8. The third kappa shape index (κ3) is 3.71. The molecule has 0 radical (unpaired) electrons. The molecule has 2 aromatic carbocycles. The molecular weight excluding hydrogens is 329 g/mol. The molecule has 19 heavy (non-hydrogen) atoms. The highest BCUT2D eigenvalue weighted by molar-refractivity contribution is 9.10. The first-order chi connectivity index (χ1) is 9.10. The van der Waals surface area contributed by atoms with E-state index in [1.807, 2.05) is 31.3 Å². The summed E-state index contributed by atoms with van der Waals surface area (Å²) in [6.07, 6.45) is 0. The summed E-state index contributed by atoms with van der Waals surface area (Å²) >= 11 is 9.34. The van der Waals surface area contributed by atoms with Crippen molar-refractivity contribution < 1.29 is 4.39 Å². The van der Waals surface area contributed by atoms with E-state index in [1.54, 1.807) is 12.1 Å². The fraction of sp³-hybridized carbons (Fsp3) is 0.200. The van der Waals surface area contributed by atoms with Gasteiger partial charge < -0.3 is 4.90 Å². The summed E-state index contributed by atoms with van der Waals surface area (Å²) in [5.41, 5.74) is 3.06. The third-order valence-electron chi connectivity index (χ3n) is 2.89. The van der Waals surface area contributed by atoms with Crippen molar-refractivity contribution in [1.29, 1.82) is 0 Å². The van der Waals surface area contributed by atoms with Gasteiger partial charge in [-0.25, -0.2) is 4.39 Å². The molecule has 0 heterocycles. The molecule has 0 aliphatic carbocycles. The Hall–Kier alpha value is -1.06. The Morgan fingerprint density at radius 2 is 1.95 bits per heavy atom. The SMILES string of the molecule is CN(Cc1cccc(F)c1)c1ccc(CCl)cc1Br. The Balaban J connectivity index is 2.18. The number of halogens is 3. The Morgan fingerprint density at radius 3 is 2.58 bits per heavy atom. The average molecular weight is 343 g/mol. The predicted molar refractivity (Wildman–Crippen MR) is 82.2 cm³/mol. The minimum atomic E-state index is -0.206. The Bertz CT molecular complexity index is 574. The fourth-order valence-corrected chi connectivity index (χ4v) is 2.83. The summed E-state index contributed by atoms with van der Waals surface area (Å²) in [6.45, 7) is 0.649. The number of hydrogen-bond donors (Lipinski definition) is 0. The van der Waals surface area contributed by atoms with E-state index < -0.39 is 0 Å². The lowest BCUT2D eigenvalue weighted by atomic mass is 10.2. The maximum absolute atomic E-state index is 13.2. The van der Waals surface area contributed by atoms with E-state index in [-0.39, 0.29) is 5.82 Å². The molecule has 4 heteroatoms. The molecule has 0 fully saturated rings. The van der Waals surface area contributed by atoms with Crippen molar-refractivity contribution in [3.05, 3.63) is 63.9 Å². The molecule has 0 atom stereocenters. The first-order valence-corrected chi connectivity index (χ1v) is 7.23. The molecule has 0 saturated heterocycles. The third-order valence-corrected chi connectivity index (χ3v) is 3.83. The van der Waals surface area contributed by atoms with Crippen molar-refractivity contribution in [1.82, 2.24) is 0 Å². The van der Waals surface area contributed by atoms with Gasteiger partial charge in [0.2, 0.25) is 0 Å². The molecular formula is C15H14BrClFN. The second-order valence-corrected chi connectivity index (χ2v) is 5.53. The standard InChI is InChI=1S/C15H14BrClFN/c1-19(10-12-3-2-4-13(18)7-12)15-6-5-11(9-17)8-14(15)16/h2-8H,9-10H2,1H3. The molecule has 0 spiro atoms. The van der Waals surface area contributed by atoms with Crippen LogP contribution < -0.4 is 4.90 Å². The quantitative estimate of drug-likeness (QED) is 0.710. The van der Waals surface area contributed by atoms with Gasteiger partial charge in [-0.05, 0) is 51.3 Å². The van der Waals surface area contributed by atoms with Gasteiger partial charge in [0.25, 0.3) is 0 Å². The van der Waals surface area contributed by atoms with E-state index in [0.29, 0.717) is 12.4 Å². The van der Waals surface area contributed by atoms with Gasteiger partial charge in [0.15, 0.2) is 0 Å². The van der Waals surface area contributed by atoms with Crippen LogP contribution >= 0.6 is 27.5 Å². The minimum Gasteiger partial charge on any atom is -0.369 e. The van der Waals surface area contributed by atoms with Gasteiger partial charge in [0.1, 0.15) is 5.82 Å². The number of alkyl halides is 1. The molecule has 0 bridgehead atoms. The van der Waals surface area contributed by atoms with Crippen LogP contribution in [-0.2, 0) is 12.4 Å². The van der Waals surface area contributed by atoms with E-state index in [0.717, 1.165) is 21.3 Å². The van der Waals surface area contributed by atoms with Crippen molar-refractivity contribution in [2.24, 2.45) is 0 Å². The van der Waals surface area contributed by atoms with Gasteiger partial charge in [-0.1, -0.05) is 18.2 Å². The number of hydrogen-bond acceptors (Lipinski definition) is 1. The lowest BCUT2D eigenvalue weighted by Gasteiger charge is -2.21. The summed E-state index contributed by atoms with van der Waals surface area (Å²) in [5.74, 6) is 0.286. The van der Waals surface area contributed by atoms with Gasteiger partial charge >= 0.3 is 0 Å². The lowest BCUT2D eigenvalue weighted by Crippen LogP contribution is -2.17. The van der Waals surface area contributed by atoms with E-state index in [1.165, 1.54) is 6.07 Å². The molecule has 0 unspecified atom stereocenters. The van der Waals surface area contributed by atoms with Crippen LogP contribution in [0.1, 0.15) is 11.1 Å². The van der Waals surface area contributed by atoms with Crippen LogP contribution in [0, 0.1) is 5.82 Å². The van der Waals surface area contributed by atoms with E-state index >= 15 is 0 Å². The Labute approximate surface area is 126 Å². The van der Waals surface area contributed by atoms with Gasteiger partial charge in [-0.2, -0.15) is 0 Å². The van der Waals surface area contributed by atoms with Crippen molar-refractivity contribution >= 4 is 33.2 Å². The molecule has 0 saturated carbocycles. The maximum Gasteiger partial charge on any atom is 0.123 e. The van der Waals surface area contributed by atoms with Crippen molar-refractivity contribution in [3.63, 3.8) is 0 Å². The highest BCUT2D eigenvalue weighted by Crippen LogP contribution is 2.28. The molecule has 100 valence electrons. The van der Waals surface area contributed by atoms with Crippen molar-refractivity contribution in [2.45, 2.75) is 12.4 Å². The largest absolute Gasteiger partial charge is 0.369 e. The van der Waals surface area contributed by atoms with Crippen LogP contribution in [0.3, 0.4) is 0 Å². The Kier molecular flexibility index (Phi) is 4.83. The highest BCUT2D eigenvalue weighted by Gasteiger charge is 2.07. The molecule has 0 N–H and O–H groups in total. The van der Waals surface area contributed by atoms with Crippen molar-refractivity contribution in [3.8, 4) is 0 Å². The fourth-order valence-electron chi connectivity index (χ4n) is 1.94. The topological polar surface area (TPSA) is 3.24 Å². The van der Waals surface area contributed by atoms with Gasteiger partial charge in [0, 0.05) is 23.9 Å². The van der Waals surface area contributed by atoms with E-state index in [4.69, 9.17) is 11.6 Å². The predicted octanol–water partition coefficient (Wildman–Crippen LogP) is 4.96. The molecule has 0 aliphatic rings. The molecule has 2 aromatic rings. The van der Waals surface area contributed by atoms with E-state index in [9.17, 15) is 4.39 Å². The second-order valence-electron chi connectivity index (χ2n) is 4.41. The first-order valence-electron chi connectivity index (χ1n) is 5.90. The zero-order valence-corrected chi connectivity index (χ0v) is 12.9. The minimum absolute atomic E-state index is 0.206. The van der Waals surface area contributed by atoms with Crippen LogP contribution in [0.5, 0.6) is 0 Å². The summed E-state index contributed by atoms with van der Waals surface area (Å²) in [5, 5.41) is 0. The van der Waals surface area contributed by atoms with Gasteiger partial charge in [-0.3, -0.25) is 0 Å². The van der Waals surface area contributed by atoms with Gasteiger partial charge in [-0.15, -0.1) is 11.6 Å². The molecule has 0 aromatic heterocycles. The molecule has 1 nitrogen and oxygen atoms in total. The number of benzene rings is 2. The summed E-state index contributed by atoms with van der Waals surface area (Å²) in [6, 6.07) is 12.7. The first kappa shape index (κ1) is 14.4. The van der Waals surface area contributed by atoms with Crippen molar-refractivity contribution in [2.75, 3.05) is 11.9 Å². The lowest BCUT2D eigenvalue weighted by molar-refractivity contribution is 0.625. The number of anilines is 1. The van der Waals surface area contributed by atoms with Crippen LogP contribution in [0.2, 0.25) is 0 Å². The summed E-state index contributed by atoms with van der Waals surface area (Å²) in [4.78, 5) is 2.07. The monoisotopic (exact) mass is 341 g/mol. The van der Waals surface area contributed by atoms with Gasteiger partial charge in [0.05, 0.1) is 5.69 Å². The second kappa shape index (κ2) is 6.40.